The minimum absolute atomic E-state index is 0.833. The summed E-state index contributed by atoms with van der Waals surface area (Å²) in [5.74, 6) is -0.833. The van der Waals surface area contributed by atoms with Crippen LogP contribution in [0.1, 0.15) is 13.8 Å². The second-order valence-electron chi connectivity index (χ2n) is 14.9. The summed E-state index contributed by atoms with van der Waals surface area (Å²) in [7, 11) is -5.46. The summed E-state index contributed by atoms with van der Waals surface area (Å²) in [6.45, 7) is -3.31. The molecule has 0 aromatic carbocycles. The molecule has 4 aliphatic heterocycles. The standard InChI is InChI=1S/C32H57NO28S/c1-8-15(41)19(45)21(47)29(53-8)60-28-27(59-30-22(48)20(46)17(43)12(5-36)54-30)25(58-31-23(49)26(61-62(50,51)52)18(44)13(6-37)55-31)14(7-38)56-32(28)57-24(16(42)11(40)4-35)10(3-34)33-9(2)39/h8,10-32,34-38,40-49H,3-7H2,1-2H3,(H,33,39)(H,50,51,52)/t8-,10-,11+,12+,13+,14+,15+,16-,17-,18-,19+,20-,21-,22+,23+,24+,25-,26-,27-,28+,29-,30-,31-,32-/m0/s1. The number of carbonyl (C=O) groups excluding carboxylic acids is 1. The maximum absolute atomic E-state index is 12.2. The van der Waals surface area contributed by atoms with Crippen LogP contribution in [-0.4, -0.2) is 276 Å². The Hall–Kier alpha value is -1.58. The Labute approximate surface area is 352 Å². The molecule has 4 fully saturated rings. The average Bonchev–Trinajstić information content (AvgIpc) is 3.22. The zero-order valence-corrected chi connectivity index (χ0v) is 33.7. The van der Waals surface area contributed by atoms with Crippen molar-refractivity contribution in [2.75, 3.05) is 33.0 Å². The van der Waals surface area contributed by atoms with Crippen molar-refractivity contribution in [2.45, 2.75) is 161 Å². The minimum Gasteiger partial charge on any atom is -0.394 e. The van der Waals surface area contributed by atoms with Crippen LogP contribution in [0.15, 0.2) is 0 Å². The van der Waals surface area contributed by atoms with E-state index in [0.717, 1.165) is 6.92 Å². The molecule has 4 heterocycles. The molecule has 0 unspecified atom stereocenters. The predicted molar refractivity (Wildman–Crippen MR) is 189 cm³/mol. The number of nitrogens with one attached hydrogen (secondary N) is 1. The van der Waals surface area contributed by atoms with Crippen LogP contribution in [0.2, 0.25) is 0 Å². The lowest BCUT2D eigenvalue weighted by Gasteiger charge is -2.51. The van der Waals surface area contributed by atoms with E-state index >= 15 is 0 Å². The molecule has 0 saturated carbocycles. The van der Waals surface area contributed by atoms with Gasteiger partial charge in [0.05, 0.1) is 45.2 Å². The molecule has 30 heteroatoms. The van der Waals surface area contributed by atoms with Gasteiger partial charge in [-0.05, 0) is 6.92 Å². The first-order chi connectivity index (χ1) is 29.0. The summed E-state index contributed by atoms with van der Waals surface area (Å²) < 4.78 is 83.7. The van der Waals surface area contributed by atoms with Gasteiger partial charge in [-0.25, -0.2) is 4.18 Å². The molecule has 0 aromatic heterocycles. The van der Waals surface area contributed by atoms with E-state index in [4.69, 9.17) is 37.9 Å². The zero-order valence-electron chi connectivity index (χ0n) is 32.9. The number of hydrogen-bond donors (Lipinski definition) is 17. The Bertz CT molecular complexity index is 1500. The van der Waals surface area contributed by atoms with Crippen molar-refractivity contribution in [3.63, 3.8) is 0 Å². The first-order valence-electron chi connectivity index (χ1n) is 19.0. The van der Waals surface area contributed by atoms with Crippen LogP contribution in [0, 0.1) is 0 Å². The summed E-state index contributed by atoms with van der Waals surface area (Å²) in [5.41, 5.74) is 0. The number of aliphatic hydroxyl groups is 15. The Balaban J connectivity index is 1.92. The van der Waals surface area contributed by atoms with Gasteiger partial charge in [-0.2, -0.15) is 8.42 Å². The molecular formula is C32H57NO28S. The van der Waals surface area contributed by atoms with Crippen LogP contribution < -0.4 is 5.32 Å². The second kappa shape index (κ2) is 22.7. The minimum atomic E-state index is -5.46. The van der Waals surface area contributed by atoms with Crippen molar-refractivity contribution in [3.05, 3.63) is 0 Å². The molecule has 4 saturated heterocycles. The van der Waals surface area contributed by atoms with Gasteiger partial charge >= 0.3 is 10.4 Å². The number of aliphatic hydroxyl groups excluding tert-OH is 15. The van der Waals surface area contributed by atoms with Crippen molar-refractivity contribution in [1.82, 2.24) is 5.32 Å². The third kappa shape index (κ3) is 12.2. The summed E-state index contributed by atoms with van der Waals surface area (Å²) in [6.07, 6.45) is -47.8. The van der Waals surface area contributed by atoms with Gasteiger partial charge in [0.25, 0.3) is 0 Å². The summed E-state index contributed by atoms with van der Waals surface area (Å²) in [6, 6.07) is -1.68. The van der Waals surface area contributed by atoms with E-state index < -0.39 is 197 Å². The summed E-state index contributed by atoms with van der Waals surface area (Å²) >= 11 is 0. The van der Waals surface area contributed by atoms with Crippen molar-refractivity contribution in [2.24, 2.45) is 0 Å². The lowest BCUT2D eigenvalue weighted by atomic mass is 9.94. The number of ether oxygens (including phenoxy) is 8. The van der Waals surface area contributed by atoms with E-state index in [1.54, 1.807) is 0 Å². The molecule has 17 N–H and O–H groups in total. The lowest BCUT2D eigenvalue weighted by molar-refractivity contribution is -0.412. The van der Waals surface area contributed by atoms with Gasteiger partial charge in [0.1, 0.15) is 110 Å². The highest BCUT2D eigenvalue weighted by atomic mass is 32.3. The van der Waals surface area contributed by atoms with E-state index in [1.807, 2.05) is 0 Å². The van der Waals surface area contributed by atoms with Crippen LogP contribution in [0.25, 0.3) is 0 Å². The van der Waals surface area contributed by atoms with E-state index in [-0.39, 0.29) is 0 Å². The van der Waals surface area contributed by atoms with Gasteiger partial charge in [0.2, 0.25) is 5.91 Å². The molecule has 0 spiro atoms. The molecule has 0 radical (unpaired) electrons. The van der Waals surface area contributed by atoms with Crippen molar-refractivity contribution in [3.8, 4) is 0 Å². The van der Waals surface area contributed by atoms with E-state index in [9.17, 15) is 94.4 Å². The van der Waals surface area contributed by atoms with Gasteiger partial charge < -0.3 is 120 Å². The van der Waals surface area contributed by atoms with Crippen LogP contribution in [0.5, 0.6) is 0 Å². The SMILES string of the molecule is CC(=O)N[C@@H](CO)[C@@H](O[C@@H]1O[C@H](CO)[C@H](O[C@@H]2O[C@H](CO)[C@H](O)[C@H](OS(=O)(=O)O)[C@H]2O)[C@H](O[C@@H]2O[C@H](CO)[C@H](O)[C@H](O)[C@H]2O)[C@H]1O[C@@H]1O[C@@H](C)[C@@H](O)[C@@H](O)[C@@H]1O)[C@@H](O)[C@H](O)CO. The topological polar surface area (TPSA) is 470 Å². The van der Waals surface area contributed by atoms with Crippen LogP contribution in [0.4, 0.5) is 0 Å². The highest BCUT2D eigenvalue weighted by Gasteiger charge is 2.58. The fourth-order valence-electron chi connectivity index (χ4n) is 7.18. The first-order valence-corrected chi connectivity index (χ1v) is 20.4. The zero-order chi connectivity index (χ0) is 46.5. The Morgan fingerprint density at radius 3 is 1.60 bits per heavy atom. The molecule has 0 aliphatic carbocycles. The smallest absolute Gasteiger partial charge is 0.394 e. The van der Waals surface area contributed by atoms with Crippen LogP contribution in [-0.2, 0) is 57.3 Å². The molecule has 4 rings (SSSR count). The predicted octanol–water partition coefficient (Wildman–Crippen LogP) is -11.3. The van der Waals surface area contributed by atoms with Gasteiger partial charge in [-0.1, -0.05) is 0 Å². The van der Waals surface area contributed by atoms with Gasteiger partial charge in [0, 0.05) is 6.92 Å². The number of hydrogen-bond acceptors (Lipinski definition) is 27. The molecule has 4 aliphatic rings. The average molecular weight is 936 g/mol. The molecule has 0 aromatic rings. The Kier molecular flexibility index (Phi) is 19.5. The fourth-order valence-corrected chi connectivity index (χ4v) is 7.68. The maximum Gasteiger partial charge on any atom is 0.397 e. The van der Waals surface area contributed by atoms with Gasteiger partial charge in [-0.3, -0.25) is 9.35 Å². The van der Waals surface area contributed by atoms with Crippen molar-refractivity contribution < 1.29 is 136 Å². The molecule has 1 amide bonds. The monoisotopic (exact) mass is 935 g/mol. The largest absolute Gasteiger partial charge is 0.397 e. The maximum atomic E-state index is 12.2. The quantitative estimate of drug-likeness (QED) is 0.0535. The summed E-state index contributed by atoms with van der Waals surface area (Å²) in [4.78, 5) is 12.2. The van der Waals surface area contributed by atoms with Crippen LogP contribution >= 0.6 is 0 Å². The number of amides is 1. The van der Waals surface area contributed by atoms with Gasteiger partial charge in [0.15, 0.2) is 25.2 Å². The Morgan fingerprint density at radius 2 is 1.08 bits per heavy atom. The number of carbonyl (C=O) groups is 1. The van der Waals surface area contributed by atoms with Gasteiger partial charge in [-0.15, -0.1) is 0 Å². The van der Waals surface area contributed by atoms with Crippen LogP contribution in [0.3, 0.4) is 0 Å². The lowest BCUT2D eigenvalue weighted by Crippen LogP contribution is -2.70. The first kappa shape index (κ1) is 53.0. The highest BCUT2D eigenvalue weighted by molar-refractivity contribution is 7.80. The Morgan fingerprint density at radius 1 is 0.597 bits per heavy atom. The summed E-state index contributed by atoms with van der Waals surface area (Å²) in [5, 5.41) is 160. The highest BCUT2D eigenvalue weighted by Crippen LogP contribution is 2.38. The molecule has 29 nitrogen and oxygen atoms in total. The number of rotatable bonds is 19. The normalized spacial score (nSPS) is 44.0. The molecular weight excluding hydrogens is 878 g/mol. The van der Waals surface area contributed by atoms with E-state index in [1.165, 1.54) is 6.92 Å². The van der Waals surface area contributed by atoms with E-state index in [0.29, 0.717) is 0 Å². The molecule has 24 atom stereocenters. The third-order valence-corrected chi connectivity index (χ3v) is 11.0. The molecule has 0 bridgehead atoms. The molecule has 62 heavy (non-hydrogen) atoms. The van der Waals surface area contributed by atoms with Crippen molar-refractivity contribution in [1.29, 1.82) is 0 Å². The molecule has 364 valence electrons. The fraction of sp³-hybridized carbons (Fsp3) is 0.969. The van der Waals surface area contributed by atoms with E-state index in [2.05, 4.69) is 9.50 Å². The third-order valence-electron chi connectivity index (χ3n) is 10.5. The van der Waals surface area contributed by atoms with Crippen molar-refractivity contribution >= 4 is 16.3 Å². The second-order valence-corrected chi connectivity index (χ2v) is 16.0.